The third-order valence-electron chi connectivity index (χ3n) is 2.66. The molecule has 0 saturated carbocycles. The van der Waals surface area contributed by atoms with E-state index in [4.69, 9.17) is 29.6 Å². The molecule has 2 nitrogen and oxygen atoms in total. The second kappa shape index (κ2) is 5.38. The van der Waals surface area contributed by atoms with E-state index in [9.17, 15) is 0 Å². The highest BCUT2D eigenvalue weighted by Crippen LogP contribution is 2.26. The Morgan fingerprint density at radius 1 is 1.17 bits per heavy atom. The van der Waals surface area contributed by atoms with Gasteiger partial charge >= 0.3 is 0 Å². The first kappa shape index (κ1) is 12.9. The molecular formula is C14H13ClN2S. The molecule has 0 saturated heterocycles. The average molecular weight is 277 g/mol. The van der Waals surface area contributed by atoms with Gasteiger partial charge in [-0.3, -0.25) is 0 Å². The number of benzene rings is 2. The Morgan fingerprint density at radius 3 is 2.61 bits per heavy atom. The van der Waals surface area contributed by atoms with E-state index in [1.54, 1.807) is 0 Å². The zero-order valence-corrected chi connectivity index (χ0v) is 11.5. The number of nitrogens with one attached hydrogen (secondary N) is 1. The lowest BCUT2D eigenvalue weighted by atomic mass is 10.1. The van der Waals surface area contributed by atoms with E-state index in [1.807, 2.05) is 49.4 Å². The van der Waals surface area contributed by atoms with Gasteiger partial charge in [-0.2, -0.15) is 0 Å². The summed E-state index contributed by atoms with van der Waals surface area (Å²) in [6, 6.07) is 13.4. The van der Waals surface area contributed by atoms with Crippen molar-refractivity contribution in [3.05, 3.63) is 58.6 Å². The molecule has 0 amide bonds. The van der Waals surface area contributed by atoms with Gasteiger partial charge in [0.15, 0.2) is 0 Å². The molecule has 0 aliphatic rings. The summed E-state index contributed by atoms with van der Waals surface area (Å²) in [5.74, 6) is 0. The van der Waals surface area contributed by atoms with Crippen LogP contribution in [-0.2, 0) is 0 Å². The molecule has 0 aliphatic heterocycles. The van der Waals surface area contributed by atoms with Gasteiger partial charge in [0, 0.05) is 22.0 Å². The highest BCUT2D eigenvalue weighted by atomic mass is 35.5. The van der Waals surface area contributed by atoms with Gasteiger partial charge in [-0.1, -0.05) is 42.0 Å². The smallest absolute Gasteiger partial charge is 0.106 e. The van der Waals surface area contributed by atoms with Gasteiger partial charge in [-0.05, 0) is 36.8 Å². The molecule has 0 atom stereocenters. The van der Waals surface area contributed by atoms with Crippen molar-refractivity contribution in [2.24, 2.45) is 5.73 Å². The molecule has 18 heavy (non-hydrogen) atoms. The van der Waals surface area contributed by atoms with Gasteiger partial charge in [0.05, 0.1) is 0 Å². The fourth-order valence-electron chi connectivity index (χ4n) is 1.68. The van der Waals surface area contributed by atoms with Crippen LogP contribution in [0.5, 0.6) is 0 Å². The van der Waals surface area contributed by atoms with Crippen molar-refractivity contribution in [3.63, 3.8) is 0 Å². The Hall–Kier alpha value is -1.58. The number of rotatable bonds is 3. The Morgan fingerprint density at radius 2 is 1.89 bits per heavy atom. The molecule has 4 heteroatoms. The quantitative estimate of drug-likeness (QED) is 0.832. The van der Waals surface area contributed by atoms with Gasteiger partial charge < -0.3 is 11.1 Å². The third kappa shape index (κ3) is 2.81. The van der Waals surface area contributed by atoms with Gasteiger partial charge in [0.1, 0.15) is 4.99 Å². The van der Waals surface area contributed by atoms with Crippen molar-refractivity contribution < 1.29 is 0 Å². The fourth-order valence-corrected chi connectivity index (χ4v) is 2.03. The second-order valence-electron chi connectivity index (χ2n) is 3.99. The maximum Gasteiger partial charge on any atom is 0.106 e. The molecule has 3 N–H and O–H groups in total. The summed E-state index contributed by atoms with van der Waals surface area (Å²) < 4.78 is 0. The van der Waals surface area contributed by atoms with Crippen LogP contribution in [0.2, 0.25) is 5.02 Å². The maximum atomic E-state index is 5.99. The van der Waals surface area contributed by atoms with Crippen molar-refractivity contribution in [1.82, 2.24) is 0 Å². The lowest BCUT2D eigenvalue weighted by Crippen LogP contribution is -2.11. The lowest BCUT2D eigenvalue weighted by Gasteiger charge is -2.13. The number of nitrogens with two attached hydrogens (primary N) is 1. The van der Waals surface area contributed by atoms with Gasteiger partial charge in [0.25, 0.3) is 0 Å². The minimum absolute atomic E-state index is 0.373. The summed E-state index contributed by atoms with van der Waals surface area (Å²) in [6.07, 6.45) is 0. The van der Waals surface area contributed by atoms with Crippen LogP contribution in [0, 0.1) is 6.92 Å². The molecule has 2 rings (SSSR count). The van der Waals surface area contributed by atoms with Crippen LogP contribution < -0.4 is 11.1 Å². The first-order valence-electron chi connectivity index (χ1n) is 5.50. The predicted molar refractivity (Wildman–Crippen MR) is 81.8 cm³/mol. The number of anilines is 2. The van der Waals surface area contributed by atoms with Crippen LogP contribution >= 0.6 is 23.8 Å². The van der Waals surface area contributed by atoms with Crippen LogP contribution in [0.25, 0.3) is 0 Å². The van der Waals surface area contributed by atoms with Crippen molar-refractivity contribution in [2.45, 2.75) is 6.92 Å². The first-order valence-corrected chi connectivity index (χ1v) is 6.28. The first-order chi connectivity index (χ1) is 8.58. The largest absolute Gasteiger partial charge is 0.389 e. The van der Waals surface area contributed by atoms with E-state index in [2.05, 4.69) is 5.32 Å². The van der Waals surface area contributed by atoms with Crippen LogP contribution in [-0.4, -0.2) is 4.99 Å². The molecule has 92 valence electrons. The number of thiocarbonyl (C=S) groups is 1. The van der Waals surface area contributed by atoms with E-state index in [0.717, 1.165) is 22.5 Å². The van der Waals surface area contributed by atoms with Crippen LogP contribution in [0.4, 0.5) is 11.4 Å². The zero-order valence-electron chi connectivity index (χ0n) is 9.91. The van der Waals surface area contributed by atoms with Gasteiger partial charge in [-0.15, -0.1) is 0 Å². The summed E-state index contributed by atoms with van der Waals surface area (Å²) >= 11 is 11.0. The lowest BCUT2D eigenvalue weighted by molar-refractivity contribution is 1.43. The highest BCUT2D eigenvalue weighted by Gasteiger charge is 2.06. The van der Waals surface area contributed by atoms with E-state index < -0.39 is 0 Å². The number of hydrogen-bond acceptors (Lipinski definition) is 2. The molecule has 0 radical (unpaired) electrons. The van der Waals surface area contributed by atoms with Crippen molar-refractivity contribution in [2.75, 3.05) is 5.32 Å². The number of aryl methyl sites for hydroxylation is 1. The normalized spacial score (nSPS) is 10.1. The maximum absolute atomic E-state index is 5.99. The van der Waals surface area contributed by atoms with E-state index >= 15 is 0 Å². The summed E-state index contributed by atoms with van der Waals surface area (Å²) in [7, 11) is 0. The average Bonchev–Trinajstić information content (AvgIpc) is 2.34. The predicted octanol–water partition coefficient (Wildman–Crippen LogP) is 4.03. The van der Waals surface area contributed by atoms with Crippen molar-refractivity contribution in [3.8, 4) is 0 Å². The molecule has 0 heterocycles. The van der Waals surface area contributed by atoms with Crippen LogP contribution in [0.15, 0.2) is 42.5 Å². The minimum atomic E-state index is 0.373. The minimum Gasteiger partial charge on any atom is -0.389 e. The SMILES string of the molecule is Cc1ccc(Cl)cc1Nc1ccccc1C(N)=S. The fraction of sp³-hybridized carbons (Fsp3) is 0.0714. The van der Waals surface area contributed by atoms with Crippen LogP contribution in [0.3, 0.4) is 0 Å². The summed E-state index contributed by atoms with van der Waals surface area (Å²) in [5.41, 5.74) is 9.47. The molecular weight excluding hydrogens is 264 g/mol. The van der Waals surface area contributed by atoms with Crippen molar-refractivity contribution >= 4 is 40.2 Å². The third-order valence-corrected chi connectivity index (χ3v) is 3.12. The molecule has 2 aromatic carbocycles. The Bertz CT molecular complexity index is 596. The van der Waals surface area contributed by atoms with Gasteiger partial charge in [0.2, 0.25) is 0 Å². The highest BCUT2D eigenvalue weighted by molar-refractivity contribution is 7.80. The number of para-hydroxylation sites is 1. The second-order valence-corrected chi connectivity index (χ2v) is 4.87. The summed E-state index contributed by atoms with van der Waals surface area (Å²) in [4.78, 5) is 0.373. The molecule has 0 spiro atoms. The monoisotopic (exact) mass is 276 g/mol. The molecule has 0 aromatic heterocycles. The Balaban J connectivity index is 2.40. The van der Waals surface area contributed by atoms with Crippen LogP contribution in [0.1, 0.15) is 11.1 Å². The Labute approximate surface area is 117 Å². The number of hydrogen-bond donors (Lipinski definition) is 2. The molecule has 2 aromatic rings. The van der Waals surface area contributed by atoms with E-state index in [-0.39, 0.29) is 0 Å². The topological polar surface area (TPSA) is 38.0 Å². The van der Waals surface area contributed by atoms with Crippen molar-refractivity contribution in [1.29, 1.82) is 0 Å². The van der Waals surface area contributed by atoms with Gasteiger partial charge in [-0.25, -0.2) is 0 Å². The standard InChI is InChI=1S/C14H13ClN2S/c1-9-6-7-10(15)8-13(9)17-12-5-3-2-4-11(12)14(16)18/h2-8,17H,1H3,(H2,16,18). The molecule has 0 bridgehead atoms. The summed E-state index contributed by atoms with van der Waals surface area (Å²) in [6.45, 7) is 2.02. The summed E-state index contributed by atoms with van der Waals surface area (Å²) in [5, 5.41) is 4.00. The Kier molecular flexibility index (Phi) is 3.84. The van der Waals surface area contributed by atoms with E-state index in [1.165, 1.54) is 0 Å². The molecule has 0 aliphatic carbocycles. The number of halogens is 1. The molecule has 0 fully saturated rings. The van der Waals surface area contributed by atoms with E-state index in [0.29, 0.717) is 10.0 Å². The zero-order chi connectivity index (χ0) is 13.1. The molecule has 0 unspecified atom stereocenters.